The first-order valence-electron chi connectivity index (χ1n) is 6.40. The van der Waals surface area contributed by atoms with Crippen molar-refractivity contribution in [1.82, 2.24) is 0 Å². The van der Waals surface area contributed by atoms with Crippen LogP contribution in [0.5, 0.6) is 0 Å². The van der Waals surface area contributed by atoms with Crippen LogP contribution in [0.15, 0.2) is 18.2 Å². The molecule has 0 amide bonds. The van der Waals surface area contributed by atoms with Crippen molar-refractivity contribution >= 4 is 17.3 Å². The Balaban J connectivity index is 2.93. The van der Waals surface area contributed by atoms with Gasteiger partial charge in [-0.1, -0.05) is 31.5 Å². The molecular formula is C14H23ClN2. The Labute approximate surface area is 110 Å². The average Bonchev–Trinajstić information content (AvgIpc) is 2.28. The van der Waals surface area contributed by atoms with Crippen LogP contribution in [0.2, 0.25) is 5.02 Å². The summed E-state index contributed by atoms with van der Waals surface area (Å²) in [6.07, 6.45) is 2.29. The van der Waals surface area contributed by atoms with Gasteiger partial charge in [-0.05, 0) is 37.5 Å². The number of hydrogen-bond donors (Lipinski definition) is 1. The maximum absolute atomic E-state index is 6.26. The molecule has 2 nitrogen and oxygen atoms in total. The molecule has 1 rings (SSSR count). The average molecular weight is 255 g/mol. The third-order valence-corrected chi connectivity index (χ3v) is 3.15. The number of nitrogens with two attached hydrogens (primary N) is 1. The van der Waals surface area contributed by atoms with Gasteiger partial charge in [0.15, 0.2) is 0 Å². The summed E-state index contributed by atoms with van der Waals surface area (Å²) in [7, 11) is 0. The summed E-state index contributed by atoms with van der Waals surface area (Å²) in [6.45, 7) is 8.49. The minimum absolute atomic E-state index is 0.0117. The Bertz CT molecular complexity index is 344. The predicted molar refractivity (Wildman–Crippen MR) is 76.8 cm³/mol. The molecule has 1 aromatic rings. The molecule has 3 heteroatoms. The van der Waals surface area contributed by atoms with Crippen LogP contribution >= 0.6 is 11.6 Å². The summed E-state index contributed by atoms with van der Waals surface area (Å²) >= 11 is 6.26. The van der Waals surface area contributed by atoms with E-state index in [1.807, 2.05) is 19.1 Å². The Hall–Kier alpha value is -0.730. The summed E-state index contributed by atoms with van der Waals surface area (Å²) in [6, 6.07) is 6.18. The van der Waals surface area contributed by atoms with Gasteiger partial charge in [-0.2, -0.15) is 0 Å². The summed E-state index contributed by atoms with van der Waals surface area (Å²) in [5, 5.41) is 0.773. The normalized spacial score (nSPS) is 12.5. The minimum Gasteiger partial charge on any atom is -0.372 e. The molecule has 0 aliphatic carbocycles. The van der Waals surface area contributed by atoms with E-state index < -0.39 is 0 Å². The second-order valence-electron chi connectivity index (χ2n) is 4.48. The first-order chi connectivity index (χ1) is 8.10. The summed E-state index contributed by atoms with van der Waals surface area (Å²) < 4.78 is 0. The van der Waals surface area contributed by atoms with E-state index in [2.05, 4.69) is 24.8 Å². The molecule has 0 aromatic heterocycles. The van der Waals surface area contributed by atoms with Crippen molar-refractivity contribution in [3.8, 4) is 0 Å². The van der Waals surface area contributed by atoms with Crippen molar-refractivity contribution in [1.29, 1.82) is 0 Å². The van der Waals surface area contributed by atoms with Gasteiger partial charge in [0.25, 0.3) is 0 Å². The molecule has 2 N–H and O–H groups in total. The first-order valence-corrected chi connectivity index (χ1v) is 6.77. The number of benzene rings is 1. The summed E-state index contributed by atoms with van der Waals surface area (Å²) in [5.74, 6) is 0. The fourth-order valence-corrected chi connectivity index (χ4v) is 2.34. The van der Waals surface area contributed by atoms with Gasteiger partial charge in [0.05, 0.1) is 0 Å². The second-order valence-corrected chi connectivity index (χ2v) is 4.89. The predicted octanol–water partition coefficient (Wildman–Crippen LogP) is 3.99. The van der Waals surface area contributed by atoms with E-state index in [9.17, 15) is 0 Å². The highest BCUT2D eigenvalue weighted by atomic mass is 35.5. The molecule has 96 valence electrons. The Morgan fingerprint density at radius 1 is 1.24 bits per heavy atom. The number of nitrogens with zero attached hydrogens (tertiary/aromatic N) is 1. The molecular weight excluding hydrogens is 232 g/mol. The molecule has 0 saturated carbocycles. The number of rotatable bonds is 6. The molecule has 1 atom stereocenters. The zero-order valence-corrected chi connectivity index (χ0v) is 11.8. The lowest BCUT2D eigenvalue weighted by Gasteiger charge is -2.24. The lowest BCUT2D eigenvalue weighted by Crippen LogP contribution is -2.24. The summed E-state index contributed by atoms with van der Waals surface area (Å²) in [4.78, 5) is 2.37. The van der Waals surface area contributed by atoms with E-state index in [1.54, 1.807) is 0 Å². The van der Waals surface area contributed by atoms with Gasteiger partial charge >= 0.3 is 0 Å². The molecule has 17 heavy (non-hydrogen) atoms. The Morgan fingerprint density at radius 3 is 2.24 bits per heavy atom. The lowest BCUT2D eigenvalue weighted by atomic mass is 10.1. The van der Waals surface area contributed by atoms with E-state index in [0.717, 1.165) is 36.5 Å². The van der Waals surface area contributed by atoms with E-state index in [-0.39, 0.29) is 6.04 Å². The van der Waals surface area contributed by atoms with Crippen molar-refractivity contribution in [2.75, 3.05) is 18.0 Å². The Kier molecular flexibility index (Phi) is 5.79. The fourth-order valence-electron chi connectivity index (χ4n) is 1.99. The van der Waals surface area contributed by atoms with Gasteiger partial charge in [0, 0.05) is 29.8 Å². The van der Waals surface area contributed by atoms with Crippen molar-refractivity contribution in [2.45, 2.75) is 39.7 Å². The van der Waals surface area contributed by atoms with Gasteiger partial charge < -0.3 is 10.6 Å². The van der Waals surface area contributed by atoms with Gasteiger partial charge in [-0.3, -0.25) is 0 Å². The van der Waals surface area contributed by atoms with Crippen LogP contribution in [0.1, 0.15) is 45.2 Å². The maximum Gasteiger partial charge on any atom is 0.0474 e. The molecule has 0 aliphatic rings. The zero-order valence-electron chi connectivity index (χ0n) is 11.0. The molecule has 0 fully saturated rings. The van der Waals surface area contributed by atoms with Crippen molar-refractivity contribution in [3.63, 3.8) is 0 Å². The number of hydrogen-bond acceptors (Lipinski definition) is 2. The number of halogens is 1. The highest BCUT2D eigenvalue weighted by molar-refractivity contribution is 6.31. The van der Waals surface area contributed by atoms with Gasteiger partial charge in [0.1, 0.15) is 0 Å². The van der Waals surface area contributed by atoms with Crippen LogP contribution in [0.3, 0.4) is 0 Å². The zero-order chi connectivity index (χ0) is 12.8. The van der Waals surface area contributed by atoms with Crippen molar-refractivity contribution in [2.24, 2.45) is 5.73 Å². The van der Waals surface area contributed by atoms with Gasteiger partial charge in [0.2, 0.25) is 0 Å². The van der Waals surface area contributed by atoms with Crippen molar-refractivity contribution in [3.05, 3.63) is 28.8 Å². The highest BCUT2D eigenvalue weighted by Gasteiger charge is 2.09. The molecule has 0 spiro atoms. The van der Waals surface area contributed by atoms with Crippen LogP contribution < -0.4 is 10.6 Å². The smallest absolute Gasteiger partial charge is 0.0474 e. The van der Waals surface area contributed by atoms with Gasteiger partial charge in [-0.15, -0.1) is 0 Å². The van der Waals surface area contributed by atoms with Crippen LogP contribution in [-0.4, -0.2) is 13.1 Å². The monoisotopic (exact) mass is 254 g/mol. The number of anilines is 1. The minimum atomic E-state index is -0.0117. The van der Waals surface area contributed by atoms with Gasteiger partial charge in [-0.25, -0.2) is 0 Å². The fraction of sp³-hybridized carbons (Fsp3) is 0.571. The second kappa shape index (κ2) is 6.87. The van der Waals surface area contributed by atoms with Crippen LogP contribution in [0, 0.1) is 0 Å². The SMILES string of the molecule is CCCN(CCC)c1ccc(C(C)N)c(Cl)c1. The third kappa shape index (κ3) is 3.90. The molecule has 0 radical (unpaired) electrons. The maximum atomic E-state index is 6.26. The summed E-state index contributed by atoms with van der Waals surface area (Å²) in [5.41, 5.74) is 8.07. The van der Waals surface area contributed by atoms with E-state index in [1.165, 1.54) is 5.69 Å². The molecule has 0 saturated heterocycles. The van der Waals surface area contributed by atoms with E-state index >= 15 is 0 Å². The standard InChI is InChI=1S/C14H23ClN2/c1-4-8-17(9-5-2)12-6-7-13(11(3)16)14(15)10-12/h6-7,10-11H,4-5,8-9,16H2,1-3H3. The van der Waals surface area contributed by atoms with Crippen LogP contribution in [0.25, 0.3) is 0 Å². The van der Waals surface area contributed by atoms with Crippen LogP contribution in [-0.2, 0) is 0 Å². The largest absolute Gasteiger partial charge is 0.372 e. The van der Waals surface area contributed by atoms with Crippen LogP contribution in [0.4, 0.5) is 5.69 Å². The quantitative estimate of drug-likeness (QED) is 0.832. The molecule has 1 aromatic carbocycles. The van der Waals surface area contributed by atoms with E-state index in [4.69, 9.17) is 17.3 Å². The van der Waals surface area contributed by atoms with Crippen molar-refractivity contribution < 1.29 is 0 Å². The molecule has 0 bridgehead atoms. The highest BCUT2D eigenvalue weighted by Crippen LogP contribution is 2.27. The molecule has 1 unspecified atom stereocenters. The molecule has 0 aliphatic heterocycles. The third-order valence-electron chi connectivity index (χ3n) is 2.83. The first kappa shape index (κ1) is 14.3. The Morgan fingerprint density at radius 2 is 1.82 bits per heavy atom. The topological polar surface area (TPSA) is 29.3 Å². The van der Waals surface area contributed by atoms with E-state index in [0.29, 0.717) is 0 Å². The lowest BCUT2D eigenvalue weighted by molar-refractivity contribution is 0.743. The molecule has 0 heterocycles.